The van der Waals surface area contributed by atoms with E-state index in [4.69, 9.17) is 16.3 Å². The first-order chi connectivity index (χ1) is 20.2. The number of allylic oxidation sites excluding steroid dienone is 1. The number of hydrogen-bond donors (Lipinski definition) is 2. The zero-order valence-corrected chi connectivity index (χ0v) is 25.5. The van der Waals surface area contributed by atoms with Crippen molar-refractivity contribution in [2.45, 2.75) is 39.7 Å². The number of phenols is 1. The van der Waals surface area contributed by atoms with Crippen molar-refractivity contribution in [1.82, 2.24) is 0 Å². The van der Waals surface area contributed by atoms with Crippen molar-refractivity contribution in [3.63, 3.8) is 0 Å². The van der Waals surface area contributed by atoms with Crippen LogP contribution in [-0.4, -0.2) is 31.8 Å². The average Bonchev–Trinajstić information content (AvgIpc) is 3.03. The van der Waals surface area contributed by atoms with Gasteiger partial charge in [0.25, 0.3) is 0 Å². The Kier molecular flexibility index (Phi) is 8.04. The summed E-state index contributed by atoms with van der Waals surface area (Å²) in [5, 5.41) is 14.0. The van der Waals surface area contributed by atoms with Gasteiger partial charge in [-0.15, -0.1) is 0 Å². The summed E-state index contributed by atoms with van der Waals surface area (Å²) in [5.41, 5.74) is 0.716. The van der Waals surface area contributed by atoms with Crippen molar-refractivity contribution in [3.8, 4) is 11.5 Å². The number of carbonyl (C=O) groups is 1. The molecule has 11 heteroatoms. The summed E-state index contributed by atoms with van der Waals surface area (Å²) in [6, 6.07) is 10.6. The molecule has 2 heterocycles. The van der Waals surface area contributed by atoms with Crippen LogP contribution in [0.15, 0.2) is 77.4 Å². The standard InChI is InChI=1S/C32H31ClF2N2O5S/c1-18(2)16-42-21-10-11-22(24(35)14-21)30-31-25(15-32(3,4)17-43(31,40)41)36-29-26(6-5-7-27(29)38)37(30)28(39)12-19-8-9-20(34)13-23(19)33/h5-11,13-14,30,36,38H,1,12,15-17H2,2-4H3/t30-/m0/s1. The first-order valence-electron chi connectivity index (χ1n) is 13.5. The average molecular weight is 629 g/mol. The third-order valence-electron chi connectivity index (χ3n) is 7.31. The molecule has 0 aliphatic carbocycles. The Morgan fingerprint density at radius 1 is 1.19 bits per heavy atom. The number of hydrogen-bond acceptors (Lipinski definition) is 6. The Bertz CT molecular complexity index is 1790. The Morgan fingerprint density at radius 2 is 1.93 bits per heavy atom. The SMILES string of the molecule is C=C(C)COc1ccc([C@H]2C3=C(CC(C)(C)CS3(=O)=O)Nc3c(O)cccc3N2C(=O)Cc2ccc(F)cc2Cl)c(F)c1. The Hall–Kier alpha value is -3.89. The van der Waals surface area contributed by atoms with E-state index in [9.17, 15) is 22.7 Å². The summed E-state index contributed by atoms with van der Waals surface area (Å²) in [6.45, 7) is 9.29. The summed E-state index contributed by atoms with van der Waals surface area (Å²) in [4.78, 5) is 15.3. The molecule has 3 aromatic rings. The summed E-state index contributed by atoms with van der Waals surface area (Å²) < 4.78 is 63.6. The van der Waals surface area contributed by atoms with Crippen LogP contribution in [-0.2, 0) is 21.1 Å². The molecular formula is C32H31ClF2N2O5S. The number of carbonyl (C=O) groups excluding carboxylic acids is 1. The summed E-state index contributed by atoms with van der Waals surface area (Å²) in [6.07, 6.45) is -0.112. The van der Waals surface area contributed by atoms with E-state index in [0.717, 1.165) is 23.8 Å². The molecule has 0 saturated heterocycles. The van der Waals surface area contributed by atoms with Crippen LogP contribution >= 0.6 is 11.6 Å². The predicted octanol–water partition coefficient (Wildman–Crippen LogP) is 7.08. The summed E-state index contributed by atoms with van der Waals surface area (Å²) in [5.74, 6) is -2.30. The van der Waals surface area contributed by atoms with Crippen molar-refractivity contribution in [2.24, 2.45) is 5.41 Å². The van der Waals surface area contributed by atoms with Gasteiger partial charge in [0.15, 0.2) is 9.84 Å². The maximum atomic E-state index is 16.1. The quantitative estimate of drug-likeness (QED) is 0.224. The number of para-hydroxylation sites is 1. The van der Waals surface area contributed by atoms with E-state index in [1.165, 1.54) is 41.3 Å². The third kappa shape index (κ3) is 6.12. The van der Waals surface area contributed by atoms with Gasteiger partial charge >= 0.3 is 0 Å². The maximum absolute atomic E-state index is 16.1. The lowest BCUT2D eigenvalue weighted by atomic mass is 9.88. The highest BCUT2D eigenvalue weighted by Crippen LogP contribution is 2.51. The minimum Gasteiger partial charge on any atom is -0.506 e. The van der Waals surface area contributed by atoms with E-state index in [1.54, 1.807) is 20.8 Å². The van der Waals surface area contributed by atoms with Gasteiger partial charge in [-0.1, -0.05) is 44.2 Å². The first-order valence-corrected chi connectivity index (χ1v) is 15.6. The lowest BCUT2D eigenvalue weighted by Crippen LogP contribution is -2.42. The first kappa shape index (κ1) is 30.6. The van der Waals surface area contributed by atoms with Gasteiger partial charge in [-0.05, 0) is 66.3 Å². The lowest BCUT2D eigenvalue weighted by Gasteiger charge is -2.37. The predicted molar refractivity (Wildman–Crippen MR) is 163 cm³/mol. The molecule has 2 aliphatic rings. The molecule has 43 heavy (non-hydrogen) atoms. The van der Waals surface area contributed by atoms with E-state index in [2.05, 4.69) is 11.9 Å². The molecule has 3 aromatic carbocycles. The zero-order valence-electron chi connectivity index (χ0n) is 23.9. The molecule has 0 saturated carbocycles. The van der Waals surface area contributed by atoms with Crippen LogP contribution < -0.4 is 15.0 Å². The van der Waals surface area contributed by atoms with Gasteiger partial charge in [-0.3, -0.25) is 9.69 Å². The van der Waals surface area contributed by atoms with E-state index in [1.807, 2.05) is 0 Å². The fourth-order valence-electron chi connectivity index (χ4n) is 5.60. The topological polar surface area (TPSA) is 95.9 Å². The molecule has 2 N–H and O–H groups in total. The fourth-order valence-corrected chi connectivity index (χ4v) is 8.19. The number of nitrogens with zero attached hydrogens (tertiary/aromatic N) is 1. The number of sulfone groups is 1. The van der Waals surface area contributed by atoms with E-state index in [0.29, 0.717) is 0 Å². The van der Waals surface area contributed by atoms with Gasteiger partial charge in [0.2, 0.25) is 5.91 Å². The highest BCUT2D eigenvalue weighted by Gasteiger charge is 2.47. The van der Waals surface area contributed by atoms with Crippen LogP contribution in [0.5, 0.6) is 11.5 Å². The molecule has 0 fully saturated rings. The highest BCUT2D eigenvalue weighted by molar-refractivity contribution is 7.95. The van der Waals surface area contributed by atoms with Gasteiger partial charge in [0.1, 0.15) is 41.5 Å². The molecule has 1 atom stereocenters. The van der Waals surface area contributed by atoms with Gasteiger partial charge in [0, 0.05) is 22.3 Å². The number of fused-ring (bicyclic) bond motifs is 1. The normalized spacial score (nSPS) is 18.7. The van der Waals surface area contributed by atoms with Crippen molar-refractivity contribution >= 4 is 38.7 Å². The van der Waals surface area contributed by atoms with Crippen LogP contribution in [0.3, 0.4) is 0 Å². The van der Waals surface area contributed by atoms with Gasteiger partial charge < -0.3 is 15.2 Å². The van der Waals surface area contributed by atoms with Crippen LogP contribution in [0.25, 0.3) is 0 Å². The van der Waals surface area contributed by atoms with Gasteiger partial charge in [-0.2, -0.15) is 0 Å². The molecule has 226 valence electrons. The maximum Gasteiger partial charge on any atom is 0.232 e. The number of nitrogens with one attached hydrogen (secondary N) is 1. The van der Waals surface area contributed by atoms with E-state index >= 15 is 4.39 Å². The van der Waals surface area contributed by atoms with Crippen LogP contribution in [0.2, 0.25) is 5.02 Å². The van der Waals surface area contributed by atoms with Crippen molar-refractivity contribution in [1.29, 1.82) is 0 Å². The molecule has 0 bridgehead atoms. The number of benzene rings is 3. The Labute approximate surface area is 254 Å². The molecule has 0 spiro atoms. The molecular weight excluding hydrogens is 598 g/mol. The van der Waals surface area contributed by atoms with Gasteiger partial charge in [-0.25, -0.2) is 17.2 Å². The number of amides is 1. The number of aromatic hydroxyl groups is 1. The van der Waals surface area contributed by atoms with Crippen LogP contribution in [0.4, 0.5) is 20.2 Å². The minimum atomic E-state index is -4.09. The molecule has 0 radical (unpaired) electrons. The number of ether oxygens (including phenoxy) is 1. The third-order valence-corrected chi connectivity index (χ3v) is 9.96. The second-order valence-electron chi connectivity index (χ2n) is 11.7. The monoisotopic (exact) mass is 628 g/mol. The van der Waals surface area contributed by atoms with Crippen molar-refractivity contribution in [3.05, 3.63) is 105 Å². The summed E-state index contributed by atoms with van der Waals surface area (Å²) in [7, 11) is -4.09. The molecule has 7 nitrogen and oxygen atoms in total. The number of halogens is 3. The molecule has 2 aliphatic heterocycles. The Morgan fingerprint density at radius 3 is 2.60 bits per heavy atom. The van der Waals surface area contributed by atoms with Crippen LogP contribution in [0, 0.1) is 17.0 Å². The minimum absolute atomic E-state index is 0.00566. The summed E-state index contributed by atoms with van der Waals surface area (Å²) >= 11 is 6.26. The number of anilines is 2. The van der Waals surface area contributed by atoms with Gasteiger partial charge in [0.05, 0.1) is 22.8 Å². The lowest BCUT2D eigenvalue weighted by molar-refractivity contribution is -0.118. The van der Waals surface area contributed by atoms with Crippen LogP contribution in [0.1, 0.15) is 44.4 Å². The number of phenolic OH excluding ortho intramolecular Hbond substituents is 1. The van der Waals surface area contributed by atoms with Crippen molar-refractivity contribution < 1.29 is 31.8 Å². The van der Waals surface area contributed by atoms with E-state index in [-0.39, 0.29) is 74.8 Å². The molecule has 5 rings (SSSR count). The molecule has 0 aromatic heterocycles. The zero-order chi connectivity index (χ0) is 31.3. The Balaban J connectivity index is 1.76. The second-order valence-corrected chi connectivity index (χ2v) is 14.1. The van der Waals surface area contributed by atoms with Crippen molar-refractivity contribution in [2.75, 3.05) is 22.6 Å². The smallest absolute Gasteiger partial charge is 0.232 e. The number of rotatable bonds is 6. The molecule has 0 unspecified atom stereocenters. The fraction of sp³-hybridized carbons (Fsp3) is 0.281. The largest absolute Gasteiger partial charge is 0.506 e. The second kappa shape index (κ2) is 11.3. The van der Waals surface area contributed by atoms with E-state index < -0.39 is 38.8 Å². The highest BCUT2D eigenvalue weighted by atomic mass is 35.5. The molecule has 1 amide bonds.